The summed E-state index contributed by atoms with van der Waals surface area (Å²) in [4.78, 5) is 13.5. The van der Waals surface area contributed by atoms with Crippen LogP contribution in [0.5, 0.6) is 5.75 Å². The fraction of sp³-hybridized carbons (Fsp3) is 0.375. The summed E-state index contributed by atoms with van der Waals surface area (Å²) in [5, 5.41) is 4.52. The van der Waals surface area contributed by atoms with E-state index < -0.39 is 0 Å². The number of aromatic nitrogens is 1. The van der Waals surface area contributed by atoms with Crippen molar-refractivity contribution in [2.24, 2.45) is 0 Å². The van der Waals surface area contributed by atoms with Gasteiger partial charge < -0.3 is 14.2 Å². The Balaban J connectivity index is 2.04. The van der Waals surface area contributed by atoms with Gasteiger partial charge in [0.1, 0.15) is 12.4 Å². The van der Waals surface area contributed by atoms with Crippen molar-refractivity contribution < 1.29 is 14.1 Å². The maximum absolute atomic E-state index is 11.9. The molecule has 0 atom stereocenters. The fourth-order valence-electron chi connectivity index (χ4n) is 1.96. The zero-order chi connectivity index (χ0) is 16.3. The highest BCUT2D eigenvalue weighted by molar-refractivity contribution is 6.32. The van der Waals surface area contributed by atoms with Gasteiger partial charge in [-0.1, -0.05) is 16.8 Å². The van der Waals surface area contributed by atoms with Gasteiger partial charge in [-0.2, -0.15) is 0 Å². The third-order valence-corrected chi connectivity index (χ3v) is 3.99. The van der Waals surface area contributed by atoms with Crippen molar-refractivity contribution in [3.63, 3.8) is 0 Å². The van der Waals surface area contributed by atoms with Gasteiger partial charge in [0.15, 0.2) is 11.5 Å². The number of carbonyl (C=O) groups is 1. The Morgan fingerprint density at radius 1 is 1.32 bits per heavy atom. The molecule has 0 fully saturated rings. The number of aryl methyl sites for hydroxylation is 2. The van der Waals surface area contributed by atoms with Crippen molar-refractivity contribution in [2.75, 3.05) is 13.6 Å². The highest BCUT2D eigenvalue weighted by atomic mass is 35.5. The molecule has 1 aromatic carbocycles. The van der Waals surface area contributed by atoms with Crippen LogP contribution in [0.15, 0.2) is 22.7 Å². The van der Waals surface area contributed by atoms with Crippen LogP contribution in [0.4, 0.5) is 0 Å². The van der Waals surface area contributed by atoms with Crippen molar-refractivity contribution in [3.05, 3.63) is 45.8 Å². The third kappa shape index (κ3) is 3.60. The van der Waals surface area contributed by atoms with Gasteiger partial charge in [0, 0.05) is 24.7 Å². The van der Waals surface area contributed by atoms with Crippen molar-refractivity contribution in [1.82, 2.24) is 10.1 Å². The summed E-state index contributed by atoms with van der Waals surface area (Å²) in [5.74, 6) is 1.03. The van der Waals surface area contributed by atoms with Crippen LogP contribution < -0.4 is 4.74 Å². The minimum Gasteiger partial charge on any atom is -0.486 e. The summed E-state index contributed by atoms with van der Waals surface area (Å²) in [6.45, 7) is 6.56. The van der Waals surface area contributed by atoms with Crippen LogP contribution in [-0.2, 0) is 6.61 Å². The molecule has 22 heavy (non-hydrogen) atoms. The quantitative estimate of drug-likeness (QED) is 0.843. The zero-order valence-electron chi connectivity index (χ0n) is 13.1. The highest BCUT2D eigenvalue weighted by Crippen LogP contribution is 2.26. The van der Waals surface area contributed by atoms with Gasteiger partial charge in [0.25, 0.3) is 5.91 Å². The highest BCUT2D eigenvalue weighted by Gasteiger charge is 2.16. The maximum atomic E-state index is 11.9. The second-order valence-electron chi connectivity index (χ2n) is 5.16. The molecule has 0 aliphatic heterocycles. The number of hydrogen-bond donors (Lipinski definition) is 0. The number of ether oxygens (including phenoxy) is 1. The zero-order valence-corrected chi connectivity index (χ0v) is 13.9. The Morgan fingerprint density at radius 2 is 1.95 bits per heavy atom. The lowest BCUT2D eigenvalue weighted by Gasteiger charge is -2.11. The number of carbonyl (C=O) groups excluding carboxylic acids is 1. The molecule has 5 nitrogen and oxygen atoms in total. The van der Waals surface area contributed by atoms with Gasteiger partial charge in [-0.3, -0.25) is 4.79 Å². The average Bonchev–Trinajstić information content (AvgIpc) is 2.97. The van der Waals surface area contributed by atoms with E-state index in [-0.39, 0.29) is 18.2 Å². The summed E-state index contributed by atoms with van der Waals surface area (Å²) < 4.78 is 10.8. The first kappa shape index (κ1) is 16.4. The molecular weight excluding hydrogens is 304 g/mol. The molecule has 2 aromatic rings. The van der Waals surface area contributed by atoms with E-state index >= 15 is 0 Å². The van der Waals surface area contributed by atoms with Crippen LogP contribution in [0.3, 0.4) is 0 Å². The molecule has 1 heterocycles. The lowest BCUT2D eigenvalue weighted by Crippen LogP contribution is -2.26. The Labute approximate surface area is 134 Å². The van der Waals surface area contributed by atoms with E-state index in [4.69, 9.17) is 20.9 Å². The van der Waals surface area contributed by atoms with E-state index in [9.17, 15) is 4.79 Å². The Kier molecular flexibility index (Phi) is 5.08. The SMILES string of the molecule is CCN(C)C(=O)c1cc(COc2cc(C)c(Cl)c(C)c2)on1. The predicted octanol–water partition coefficient (Wildman–Crippen LogP) is 3.62. The molecule has 1 aromatic heterocycles. The van der Waals surface area contributed by atoms with Crippen LogP contribution in [0.1, 0.15) is 34.3 Å². The fourth-order valence-corrected chi connectivity index (χ4v) is 2.07. The van der Waals surface area contributed by atoms with Gasteiger partial charge in [0.2, 0.25) is 0 Å². The van der Waals surface area contributed by atoms with Gasteiger partial charge >= 0.3 is 0 Å². The van der Waals surface area contributed by atoms with Crippen LogP contribution in [-0.4, -0.2) is 29.6 Å². The molecule has 0 aliphatic carbocycles. The minimum absolute atomic E-state index is 0.171. The molecule has 1 amide bonds. The smallest absolute Gasteiger partial charge is 0.275 e. The Hall–Kier alpha value is -2.01. The normalized spacial score (nSPS) is 10.6. The van der Waals surface area contributed by atoms with Gasteiger partial charge in [0.05, 0.1) is 0 Å². The number of hydrogen-bond acceptors (Lipinski definition) is 4. The van der Waals surface area contributed by atoms with E-state index in [1.54, 1.807) is 18.0 Å². The summed E-state index contributed by atoms with van der Waals surface area (Å²) in [6.07, 6.45) is 0. The average molecular weight is 323 g/mol. The third-order valence-electron chi connectivity index (χ3n) is 3.39. The molecular formula is C16H19ClN2O3. The molecule has 2 rings (SSSR count). The van der Waals surface area contributed by atoms with Crippen molar-refractivity contribution in [3.8, 4) is 5.75 Å². The van der Waals surface area contributed by atoms with Gasteiger partial charge in [-0.25, -0.2) is 0 Å². The molecule has 0 aliphatic rings. The predicted molar refractivity (Wildman–Crippen MR) is 84.4 cm³/mol. The van der Waals surface area contributed by atoms with Crippen molar-refractivity contribution >= 4 is 17.5 Å². The maximum Gasteiger partial charge on any atom is 0.275 e. The van der Waals surface area contributed by atoms with E-state index in [0.29, 0.717) is 18.1 Å². The molecule has 118 valence electrons. The molecule has 0 saturated heterocycles. The molecule has 0 radical (unpaired) electrons. The summed E-state index contributed by atoms with van der Waals surface area (Å²) in [7, 11) is 1.71. The topological polar surface area (TPSA) is 55.6 Å². The molecule has 0 N–H and O–H groups in total. The van der Waals surface area contributed by atoms with Crippen LogP contribution in [0.2, 0.25) is 5.02 Å². The Bertz CT molecular complexity index is 659. The summed E-state index contributed by atoms with van der Waals surface area (Å²) in [5.41, 5.74) is 2.19. The summed E-state index contributed by atoms with van der Waals surface area (Å²) >= 11 is 6.12. The number of amides is 1. The molecule has 6 heteroatoms. The second kappa shape index (κ2) is 6.83. The summed E-state index contributed by atoms with van der Waals surface area (Å²) in [6, 6.07) is 5.33. The molecule has 0 saturated carbocycles. The van der Waals surface area contributed by atoms with E-state index in [2.05, 4.69) is 5.16 Å². The number of nitrogens with zero attached hydrogens (tertiary/aromatic N) is 2. The lowest BCUT2D eigenvalue weighted by atomic mass is 10.1. The number of rotatable bonds is 5. The van der Waals surface area contributed by atoms with Crippen LogP contribution in [0, 0.1) is 13.8 Å². The largest absolute Gasteiger partial charge is 0.486 e. The minimum atomic E-state index is -0.171. The van der Waals surface area contributed by atoms with E-state index in [1.807, 2.05) is 32.9 Å². The number of benzene rings is 1. The molecule has 0 spiro atoms. The van der Waals surface area contributed by atoms with Crippen LogP contribution >= 0.6 is 11.6 Å². The first-order chi connectivity index (χ1) is 10.4. The monoisotopic (exact) mass is 322 g/mol. The van der Waals surface area contributed by atoms with Crippen molar-refractivity contribution in [1.29, 1.82) is 0 Å². The van der Waals surface area contributed by atoms with Crippen LogP contribution in [0.25, 0.3) is 0 Å². The standard InChI is InChI=1S/C16H19ClN2O3/c1-5-19(4)16(20)14-8-13(22-18-14)9-21-12-6-10(2)15(17)11(3)7-12/h6-8H,5,9H2,1-4H3. The number of halogens is 1. The van der Waals surface area contributed by atoms with Gasteiger partial charge in [-0.15, -0.1) is 0 Å². The van der Waals surface area contributed by atoms with Crippen molar-refractivity contribution in [2.45, 2.75) is 27.4 Å². The molecule has 0 unspecified atom stereocenters. The molecule has 0 bridgehead atoms. The Morgan fingerprint density at radius 3 is 2.55 bits per heavy atom. The van der Waals surface area contributed by atoms with E-state index in [0.717, 1.165) is 16.1 Å². The lowest BCUT2D eigenvalue weighted by molar-refractivity contribution is 0.0792. The second-order valence-corrected chi connectivity index (χ2v) is 5.54. The first-order valence-electron chi connectivity index (χ1n) is 7.03. The first-order valence-corrected chi connectivity index (χ1v) is 7.40. The van der Waals surface area contributed by atoms with E-state index in [1.165, 1.54) is 0 Å². The van der Waals surface area contributed by atoms with Gasteiger partial charge in [-0.05, 0) is 44.0 Å².